The Morgan fingerprint density at radius 2 is 1.89 bits per heavy atom. The Kier molecular flexibility index (Phi) is 6.87. The van der Waals surface area contributed by atoms with Gasteiger partial charge in [-0.2, -0.15) is 0 Å². The van der Waals surface area contributed by atoms with Crippen LogP contribution in [0.1, 0.15) is 30.4 Å². The van der Waals surface area contributed by atoms with Crippen LogP contribution in [-0.2, 0) is 17.9 Å². The molecule has 0 aliphatic carbocycles. The monoisotopic (exact) mass is 511 g/mol. The van der Waals surface area contributed by atoms with Crippen LogP contribution in [0.5, 0.6) is 5.75 Å². The Labute approximate surface area is 215 Å². The van der Waals surface area contributed by atoms with Gasteiger partial charge in [-0.05, 0) is 48.2 Å². The van der Waals surface area contributed by atoms with Crippen LogP contribution in [0.15, 0.2) is 47.0 Å². The van der Waals surface area contributed by atoms with E-state index in [2.05, 4.69) is 27.5 Å². The van der Waals surface area contributed by atoms with E-state index in [4.69, 9.17) is 9.26 Å². The number of benzene rings is 2. The summed E-state index contributed by atoms with van der Waals surface area (Å²) in [4.78, 5) is 31.4. The number of aromatic nitrogens is 1. The molecule has 0 radical (unpaired) electrons. The van der Waals surface area contributed by atoms with Crippen LogP contribution < -0.4 is 15.0 Å². The predicted molar refractivity (Wildman–Crippen MR) is 137 cm³/mol. The van der Waals surface area contributed by atoms with E-state index < -0.39 is 0 Å². The fourth-order valence-electron chi connectivity index (χ4n) is 5.45. The number of carbonyl (C=O) groups is 2. The molecule has 2 bridgehead atoms. The van der Waals surface area contributed by atoms with Crippen LogP contribution in [0.4, 0.5) is 10.6 Å². The average molecular weight is 512 g/mol. The van der Waals surface area contributed by atoms with E-state index in [1.165, 1.54) is 23.3 Å². The van der Waals surface area contributed by atoms with Crippen LogP contribution in [0, 0.1) is 0 Å². The Hall–Kier alpha value is -3.14. The van der Waals surface area contributed by atoms with Gasteiger partial charge < -0.3 is 14.6 Å². The number of halogens is 1. The highest BCUT2D eigenvalue weighted by molar-refractivity contribution is 6.08. The molecule has 4 aliphatic rings. The van der Waals surface area contributed by atoms with Crippen molar-refractivity contribution < 1.29 is 18.8 Å². The lowest BCUT2D eigenvalue weighted by Crippen LogP contribution is -2.60. The lowest BCUT2D eigenvalue weighted by atomic mass is 9.92. The first kappa shape index (κ1) is 24.5. The summed E-state index contributed by atoms with van der Waals surface area (Å²) in [6.07, 6.45) is 2.72. The Morgan fingerprint density at radius 3 is 2.58 bits per heavy atom. The van der Waals surface area contributed by atoms with E-state index in [0.29, 0.717) is 23.5 Å². The number of ether oxygens (including phenoxy) is 1. The molecule has 2 unspecified atom stereocenters. The fraction of sp³-hybridized carbons (Fsp3) is 0.423. The van der Waals surface area contributed by atoms with Gasteiger partial charge >= 0.3 is 6.03 Å². The van der Waals surface area contributed by atoms with Crippen molar-refractivity contribution in [3.8, 4) is 5.75 Å². The van der Waals surface area contributed by atoms with Gasteiger partial charge in [-0.15, -0.1) is 12.4 Å². The van der Waals surface area contributed by atoms with Gasteiger partial charge in [0, 0.05) is 44.7 Å². The number of piperidine rings is 2. The maximum absolute atomic E-state index is 13.4. The molecule has 4 aliphatic heterocycles. The smallest absolute Gasteiger partial charge is 0.332 e. The zero-order valence-electron chi connectivity index (χ0n) is 20.2. The van der Waals surface area contributed by atoms with Gasteiger partial charge in [0.2, 0.25) is 5.91 Å². The van der Waals surface area contributed by atoms with Gasteiger partial charge in [-0.3, -0.25) is 19.5 Å². The van der Waals surface area contributed by atoms with Crippen LogP contribution in [-0.4, -0.2) is 65.7 Å². The normalized spacial score (nSPS) is 22.2. The van der Waals surface area contributed by atoms with Crippen molar-refractivity contribution in [3.63, 3.8) is 0 Å². The quantitative estimate of drug-likeness (QED) is 0.541. The standard InChI is InChI=1S/C26H29N5O4.ClH/c1-34-21-7-2-17(3-8-21)15-31-24(32)10-11-30(26(31)33)25-22-12-18(4-9-23(22)35-28-25)14-29-16-19-5-6-20(29)13-27-19;/h2-4,7-9,12,19-20,27H,5-6,10-11,13-16H2,1H3;1H. The lowest BCUT2D eigenvalue weighted by molar-refractivity contribution is -0.129. The molecule has 4 saturated heterocycles. The summed E-state index contributed by atoms with van der Waals surface area (Å²) in [6.45, 7) is 3.45. The maximum Gasteiger partial charge on any atom is 0.332 e. The third-order valence-electron chi connectivity index (χ3n) is 7.43. The van der Waals surface area contributed by atoms with Crippen molar-refractivity contribution in [2.24, 2.45) is 0 Å². The summed E-state index contributed by atoms with van der Waals surface area (Å²) in [5, 5.41) is 8.64. The van der Waals surface area contributed by atoms with Gasteiger partial charge in [0.1, 0.15) is 5.75 Å². The first-order valence-corrected chi connectivity index (χ1v) is 12.2. The molecule has 0 spiro atoms. The van der Waals surface area contributed by atoms with Crippen molar-refractivity contribution in [1.82, 2.24) is 20.3 Å². The summed E-state index contributed by atoms with van der Waals surface area (Å²) >= 11 is 0. The summed E-state index contributed by atoms with van der Waals surface area (Å²) in [5.74, 6) is 1.01. The number of hydrogen-bond acceptors (Lipinski definition) is 7. The minimum atomic E-state index is -0.378. The molecule has 10 heteroatoms. The molecular formula is C26H30ClN5O4. The number of imide groups is 1. The largest absolute Gasteiger partial charge is 0.497 e. The van der Waals surface area contributed by atoms with Crippen LogP contribution in [0.25, 0.3) is 11.0 Å². The maximum atomic E-state index is 13.4. The molecule has 190 valence electrons. The van der Waals surface area contributed by atoms with Crippen LogP contribution in [0.2, 0.25) is 0 Å². The van der Waals surface area contributed by atoms with Gasteiger partial charge in [0.25, 0.3) is 0 Å². The molecule has 0 saturated carbocycles. The highest BCUT2D eigenvalue weighted by atomic mass is 35.5. The molecule has 2 aromatic carbocycles. The molecule has 9 nitrogen and oxygen atoms in total. The fourth-order valence-corrected chi connectivity index (χ4v) is 5.45. The zero-order valence-corrected chi connectivity index (χ0v) is 21.0. The van der Waals surface area contributed by atoms with E-state index >= 15 is 0 Å². The minimum absolute atomic E-state index is 0. The molecule has 36 heavy (non-hydrogen) atoms. The molecule has 2 atom stereocenters. The lowest BCUT2D eigenvalue weighted by Gasteiger charge is -2.46. The SMILES string of the molecule is COc1ccc(CN2C(=O)CCN(c3noc4ccc(CN5CC6CCC5CN6)cc34)C2=O)cc1.Cl. The molecule has 1 N–H and O–H groups in total. The first-order chi connectivity index (χ1) is 17.1. The Bertz CT molecular complexity index is 1250. The number of hydrogen-bond donors (Lipinski definition) is 1. The number of fused-ring (bicyclic) bond motifs is 4. The van der Waals surface area contributed by atoms with E-state index in [0.717, 1.165) is 36.3 Å². The number of anilines is 1. The summed E-state index contributed by atoms with van der Waals surface area (Å²) in [6, 6.07) is 14.2. The number of carbonyl (C=O) groups excluding carboxylic acids is 2. The zero-order chi connectivity index (χ0) is 23.9. The Morgan fingerprint density at radius 1 is 1.08 bits per heavy atom. The van der Waals surface area contributed by atoms with E-state index in [1.807, 2.05) is 30.3 Å². The number of nitrogens with zero attached hydrogens (tertiary/aromatic N) is 4. The molecule has 7 rings (SSSR count). The van der Waals surface area contributed by atoms with Crippen molar-refractivity contribution in [2.45, 2.75) is 44.4 Å². The van der Waals surface area contributed by atoms with Crippen molar-refractivity contribution >= 4 is 41.1 Å². The van der Waals surface area contributed by atoms with E-state index in [9.17, 15) is 9.59 Å². The van der Waals surface area contributed by atoms with Crippen molar-refractivity contribution in [1.29, 1.82) is 0 Å². The van der Waals surface area contributed by atoms with Gasteiger partial charge in [-0.25, -0.2) is 4.79 Å². The summed E-state index contributed by atoms with van der Waals surface area (Å²) in [5.41, 5.74) is 2.66. The molecule has 5 heterocycles. The van der Waals surface area contributed by atoms with Crippen molar-refractivity contribution in [2.75, 3.05) is 31.6 Å². The van der Waals surface area contributed by atoms with Crippen LogP contribution >= 0.6 is 12.4 Å². The third-order valence-corrected chi connectivity index (χ3v) is 7.43. The second-order valence-corrected chi connectivity index (χ2v) is 9.61. The highest BCUT2D eigenvalue weighted by Gasteiger charge is 2.36. The topological polar surface area (TPSA) is 91.2 Å². The first-order valence-electron chi connectivity index (χ1n) is 12.2. The van der Waals surface area contributed by atoms with Gasteiger partial charge in [0.05, 0.1) is 19.0 Å². The number of methoxy groups -OCH3 is 1. The number of amides is 3. The second-order valence-electron chi connectivity index (χ2n) is 9.61. The van der Waals surface area contributed by atoms with Crippen LogP contribution in [0.3, 0.4) is 0 Å². The number of rotatable bonds is 6. The molecule has 4 fully saturated rings. The molecule has 3 aromatic rings. The number of piperazine rings is 1. The number of urea groups is 1. The molecule has 1 aromatic heterocycles. The van der Waals surface area contributed by atoms with E-state index in [-0.39, 0.29) is 43.9 Å². The average Bonchev–Trinajstić information content (AvgIpc) is 3.31. The Balaban J connectivity index is 0.00000267. The molecular weight excluding hydrogens is 482 g/mol. The second kappa shape index (κ2) is 10.1. The van der Waals surface area contributed by atoms with Gasteiger partial charge in [-0.1, -0.05) is 23.4 Å². The minimum Gasteiger partial charge on any atom is -0.497 e. The van der Waals surface area contributed by atoms with E-state index in [1.54, 1.807) is 12.0 Å². The molecule has 3 amide bonds. The summed E-state index contributed by atoms with van der Waals surface area (Å²) in [7, 11) is 1.60. The predicted octanol–water partition coefficient (Wildman–Crippen LogP) is 3.55. The summed E-state index contributed by atoms with van der Waals surface area (Å²) < 4.78 is 10.8. The third kappa shape index (κ3) is 4.54. The van der Waals surface area contributed by atoms with Gasteiger partial charge in [0.15, 0.2) is 11.4 Å². The van der Waals surface area contributed by atoms with Crippen molar-refractivity contribution in [3.05, 3.63) is 53.6 Å². The highest BCUT2D eigenvalue weighted by Crippen LogP contribution is 2.31. The number of nitrogens with one attached hydrogen (secondary N) is 1.